The average Bonchev–Trinajstić information content (AvgIpc) is 3.43. The third-order valence-corrected chi connectivity index (χ3v) is 6.22. The third-order valence-electron chi connectivity index (χ3n) is 6.22. The van der Waals surface area contributed by atoms with Gasteiger partial charge in [0, 0.05) is 37.3 Å². The van der Waals surface area contributed by atoms with Gasteiger partial charge in [-0.2, -0.15) is 0 Å². The summed E-state index contributed by atoms with van der Waals surface area (Å²) in [5, 5.41) is 2.91. The number of hydrogen-bond acceptors (Lipinski definition) is 5. The van der Waals surface area contributed by atoms with E-state index in [9.17, 15) is 14.4 Å². The molecule has 0 bridgehead atoms. The van der Waals surface area contributed by atoms with Crippen molar-refractivity contribution in [3.05, 3.63) is 89.4 Å². The molecular weight excluding hydrogens is 434 g/mol. The number of nitrogens with one attached hydrogen (secondary N) is 1. The van der Waals surface area contributed by atoms with Crippen LogP contribution in [0.1, 0.15) is 32.0 Å². The van der Waals surface area contributed by atoms with Gasteiger partial charge in [0.05, 0.1) is 19.5 Å². The van der Waals surface area contributed by atoms with E-state index >= 15 is 0 Å². The highest BCUT2D eigenvalue weighted by molar-refractivity contribution is 6.02. The molecule has 8 nitrogen and oxygen atoms in total. The maximum atomic E-state index is 13.4. The lowest BCUT2D eigenvalue weighted by molar-refractivity contribution is -0.121. The van der Waals surface area contributed by atoms with E-state index < -0.39 is 6.04 Å². The molecule has 1 unspecified atom stereocenters. The molecule has 0 radical (unpaired) electrons. The van der Waals surface area contributed by atoms with Crippen LogP contribution in [0, 0.1) is 0 Å². The van der Waals surface area contributed by atoms with Crippen molar-refractivity contribution in [2.45, 2.75) is 19.0 Å². The fraction of sp³-hybridized carbons (Fsp3) is 0.269. The molecule has 1 N–H and O–H groups in total. The van der Waals surface area contributed by atoms with Gasteiger partial charge in [-0.15, -0.1) is 0 Å². The van der Waals surface area contributed by atoms with Crippen LogP contribution in [0.15, 0.2) is 71.3 Å². The van der Waals surface area contributed by atoms with Crippen LogP contribution < -0.4 is 5.32 Å². The molecule has 8 heteroatoms. The number of nitrogens with zero attached hydrogens (tertiary/aromatic N) is 2. The lowest BCUT2D eigenvalue weighted by Crippen LogP contribution is -2.50. The van der Waals surface area contributed by atoms with Crippen LogP contribution in [0.25, 0.3) is 0 Å². The number of ether oxygens (including phenoxy) is 1. The minimum Gasteiger partial charge on any atom is -0.459 e. The summed E-state index contributed by atoms with van der Waals surface area (Å²) in [6, 6.07) is 17.2. The van der Waals surface area contributed by atoms with Crippen molar-refractivity contribution < 1.29 is 23.5 Å². The van der Waals surface area contributed by atoms with E-state index in [1.165, 1.54) is 6.26 Å². The van der Waals surface area contributed by atoms with E-state index in [-0.39, 0.29) is 23.5 Å². The van der Waals surface area contributed by atoms with Crippen molar-refractivity contribution in [3.8, 4) is 0 Å². The Morgan fingerprint density at radius 1 is 0.882 bits per heavy atom. The van der Waals surface area contributed by atoms with Crippen molar-refractivity contribution in [2.24, 2.45) is 0 Å². The number of rotatable bonds is 4. The zero-order valence-corrected chi connectivity index (χ0v) is 18.6. The van der Waals surface area contributed by atoms with E-state index in [2.05, 4.69) is 5.32 Å². The predicted molar refractivity (Wildman–Crippen MR) is 124 cm³/mol. The number of furan rings is 1. The number of carbonyl (C=O) groups excluding carboxylic acids is 3. The largest absolute Gasteiger partial charge is 0.459 e. The normalized spacial score (nSPS) is 17.7. The maximum Gasteiger partial charge on any atom is 0.290 e. The van der Waals surface area contributed by atoms with Crippen molar-refractivity contribution in [2.75, 3.05) is 31.6 Å². The summed E-state index contributed by atoms with van der Waals surface area (Å²) in [6.45, 7) is 2.43. The van der Waals surface area contributed by atoms with Gasteiger partial charge in [0.1, 0.15) is 6.04 Å². The van der Waals surface area contributed by atoms with Gasteiger partial charge in [0.25, 0.3) is 11.8 Å². The maximum absolute atomic E-state index is 13.4. The molecule has 174 valence electrons. The first-order chi connectivity index (χ1) is 16.6. The number of anilines is 1. The second-order valence-corrected chi connectivity index (χ2v) is 8.37. The number of amides is 3. The highest BCUT2D eigenvalue weighted by Gasteiger charge is 2.36. The zero-order valence-electron chi connectivity index (χ0n) is 18.6. The number of morpholine rings is 1. The monoisotopic (exact) mass is 459 g/mol. The Balaban J connectivity index is 1.37. The first-order valence-corrected chi connectivity index (χ1v) is 11.3. The van der Waals surface area contributed by atoms with E-state index in [0.29, 0.717) is 50.5 Å². The smallest absolute Gasteiger partial charge is 0.290 e. The molecule has 2 aliphatic heterocycles. The Hall–Kier alpha value is -3.91. The summed E-state index contributed by atoms with van der Waals surface area (Å²) >= 11 is 0. The summed E-state index contributed by atoms with van der Waals surface area (Å²) in [5.74, 6) is -0.558. The van der Waals surface area contributed by atoms with Crippen LogP contribution in [-0.2, 0) is 22.5 Å². The summed E-state index contributed by atoms with van der Waals surface area (Å²) in [7, 11) is 0. The Labute approximate surface area is 197 Å². The third kappa shape index (κ3) is 4.45. The first-order valence-electron chi connectivity index (χ1n) is 11.3. The van der Waals surface area contributed by atoms with E-state index in [1.54, 1.807) is 46.2 Å². The van der Waals surface area contributed by atoms with Gasteiger partial charge in [-0.3, -0.25) is 14.4 Å². The number of carbonyl (C=O) groups is 3. The van der Waals surface area contributed by atoms with Crippen LogP contribution in [0.3, 0.4) is 0 Å². The highest BCUT2D eigenvalue weighted by atomic mass is 16.5. The Morgan fingerprint density at radius 3 is 2.44 bits per heavy atom. The van der Waals surface area contributed by atoms with Gasteiger partial charge in [-0.25, -0.2) is 0 Å². The standard InChI is InChI=1S/C26H25N3O5/c30-24(27-21-8-3-7-19(15-21)25(31)28-10-13-33-14-11-28)22-16-18-5-1-2-6-20(18)17-29(22)26(32)23-9-4-12-34-23/h1-9,12,15,22H,10-11,13-14,16-17H2,(H,27,30). The SMILES string of the molecule is O=C(Nc1cccc(C(=O)N2CCOCC2)c1)C1Cc2ccccc2CN1C(=O)c1ccco1. The molecule has 34 heavy (non-hydrogen) atoms. The van der Waals surface area contributed by atoms with Crippen LogP contribution in [-0.4, -0.2) is 59.9 Å². The molecule has 3 aromatic rings. The second-order valence-electron chi connectivity index (χ2n) is 8.37. The highest BCUT2D eigenvalue weighted by Crippen LogP contribution is 2.26. The quantitative estimate of drug-likeness (QED) is 0.648. The van der Waals surface area contributed by atoms with Gasteiger partial charge in [0.15, 0.2) is 5.76 Å². The van der Waals surface area contributed by atoms with Gasteiger partial charge >= 0.3 is 0 Å². The molecular formula is C26H25N3O5. The molecule has 1 aromatic heterocycles. The summed E-state index contributed by atoms with van der Waals surface area (Å²) in [5.41, 5.74) is 3.04. The molecule has 5 rings (SSSR count). The van der Waals surface area contributed by atoms with E-state index in [4.69, 9.17) is 9.15 Å². The van der Waals surface area contributed by atoms with Crippen molar-refractivity contribution in [3.63, 3.8) is 0 Å². The lowest BCUT2D eigenvalue weighted by atomic mass is 9.93. The molecule has 0 saturated carbocycles. The molecule has 2 aliphatic rings. The van der Waals surface area contributed by atoms with Crippen molar-refractivity contribution in [1.29, 1.82) is 0 Å². The summed E-state index contributed by atoms with van der Waals surface area (Å²) in [4.78, 5) is 42.7. The van der Waals surface area contributed by atoms with E-state index in [0.717, 1.165) is 11.1 Å². The fourth-order valence-electron chi connectivity index (χ4n) is 4.42. The zero-order chi connectivity index (χ0) is 23.5. The van der Waals surface area contributed by atoms with Gasteiger partial charge in [0.2, 0.25) is 5.91 Å². The Kier molecular flexibility index (Phi) is 6.14. The van der Waals surface area contributed by atoms with Crippen molar-refractivity contribution >= 4 is 23.4 Å². The molecule has 1 fully saturated rings. The lowest BCUT2D eigenvalue weighted by Gasteiger charge is -2.35. The van der Waals surface area contributed by atoms with Crippen molar-refractivity contribution in [1.82, 2.24) is 9.80 Å². The predicted octanol–water partition coefficient (Wildman–Crippen LogP) is 2.96. The molecule has 1 saturated heterocycles. The van der Waals surface area contributed by atoms with Gasteiger partial charge < -0.3 is 24.3 Å². The molecule has 3 heterocycles. The Morgan fingerprint density at radius 2 is 1.68 bits per heavy atom. The van der Waals surface area contributed by atoms with Crippen LogP contribution >= 0.6 is 0 Å². The van der Waals surface area contributed by atoms with Crippen LogP contribution in [0.2, 0.25) is 0 Å². The fourth-order valence-corrected chi connectivity index (χ4v) is 4.42. The van der Waals surface area contributed by atoms with Gasteiger partial charge in [-0.1, -0.05) is 30.3 Å². The minimum atomic E-state index is -0.717. The minimum absolute atomic E-state index is 0.0967. The number of fused-ring (bicyclic) bond motifs is 1. The Bertz CT molecular complexity index is 1200. The topological polar surface area (TPSA) is 92.1 Å². The summed E-state index contributed by atoms with van der Waals surface area (Å²) in [6.07, 6.45) is 1.83. The van der Waals surface area contributed by atoms with E-state index in [1.807, 2.05) is 24.3 Å². The van der Waals surface area contributed by atoms with Gasteiger partial charge in [-0.05, 0) is 41.5 Å². The first kappa shape index (κ1) is 21.9. The molecule has 1 atom stereocenters. The summed E-state index contributed by atoms with van der Waals surface area (Å²) < 4.78 is 10.6. The number of benzene rings is 2. The second kappa shape index (κ2) is 9.52. The van der Waals surface area contributed by atoms with Crippen LogP contribution in [0.4, 0.5) is 5.69 Å². The molecule has 2 aromatic carbocycles. The van der Waals surface area contributed by atoms with Crippen LogP contribution in [0.5, 0.6) is 0 Å². The molecule has 0 spiro atoms. The molecule has 0 aliphatic carbocycles. The number of hydrogen-bond donors (Lipinski definition) is 1. The average molecular weight is 460 g/mol. The molecule has 3 amide bonds.